The van der Waals surface area contributed by atoms with E-state index in [1.807, 2.05) is 0 Å². The third-order valence-electron chi connectivity index (χ3n) is 8.51. The maximum atomic E-state index is 13.0. The number of hydrogen-bond acceptors (Lipinski definition) is 4. The molecule has 4 fully saturated rings. The first kappa shape index (κ1) is 20.7. The number of esters is 1. The summed E-state index contributed by atoms with van der Waals surface area (Å²) in [6.07, 6.45) is 6.32. The van der Waals surface area contributed by atoms with Gasteiger partial charge in [0, 0.05) is 0 Å². The molecule has 31 heavy (non-hydrogen) atoms. The van der Waals surface area contributed by atoms with Crippen LogP contribution in [0.15, 0.2) is 24.3 Å². The molecule has 2 bridgehead atoms. The van der Waals surface area contributed by atoms with E-state index in [0.717, 1.165) is 32.1 Å². The van der Waals surface area contributed by atoms with Gasteiger partial charge in [-0.25, -0.2) is 4.79 Å². The zero-order chi connectivity index (χ0) is 21.9. The fourth-order valence-corrected chi connectivity index (χ4v) is 6.87. The zero-order valence-corrected chi connectivity index (χ0v) is 18.8. The fraction of sp³-hybridized carbons (Fsp3) is 0.654. The van der Waals surface area contributed by atoms with Gasteiger partial charge in [0.05, 0.1) is 23.1 Å². The van der Waals surface area contributed by atoms with E-state index in [9.17, 15) is 14.4 Å². The van der Waals surface area contributed by atoms with Crippen LogP contribution in [-0.2, 0) is 14.3 Å². The predicted molar refractivity (Wildman–Crippen MR) is 117 cm³/mol. The molecule has 1 saturated heterocycles. The van der Waals surface area contributed by atoms with Gasteiger partial charge in [-0.15, -0.1) is 0 Å². The molecule has 0 aromatic heterocycles. The number of amides is 2. The van der Waals surface area contributed by atoms with Gasteiger partial charge < -0.3 is 4.74 Å². The molecule has 0 radical (unpaired) electrons. The van der Waals surface area contributed by atoms with Crippen LogP contribution in [0.1, 0.15) is 69.7 Å². The summed E-state index contributed by atoms with van der Waals surface area (Å²) in [5.74, 6) is 1.53. The molecule has 1 aromatic carbocycles. The molecule has 5 rings (SSSR count). The molecular formula is C26H33NO4. The van der Waals surface area contributed by atoms with Gasteiger partial charge in [-0.2, -0.15) is 0 Å². The topological polar surface area (TPSA) is 63.7 Å². The Morgan fingerprint density at radius 2 is 1.55 bits per heavy atom. The summed E-state index contributed by atoms with van der Waals surface area (Å²) in [5.41, 5.74) is 1.05. The first-order valence-corrected chi connectivity index (χ1v) is 12.0. The van der Waals surface area contributed by atoms with E-state index in [1.54, 1.807) is 24.3 Å². The van der Waals surface area contributed by atoms with Crippen LogP contribution in [0.3, 0.4) is 0 Å². The molecule has 7 atom stereocenters. The molecule has 3 saturated carbocycles. The number of anilines is 1. The van der Waals surface area contributed by atoms with Crippen molar-refractivity contribution >= 4 is 23.5 Å². The van der Waals surface area contributed by atoms with Gasteiger partial charge in [0.1, 0.15) is 6.10 Å². The van der Waals surface area contributed by atoms with Crippen molar-refractivity contribution in [2.75, 3.05) is 4.90 Å². The van der Waals surface area contributed by atoms with E-state index < -0.39 is 0 Å². The number of carbonyl (C=O) groups excluding carboxylic acids is 3. The minimum absolute atomic E-state index is 0.0477. The minimum Gasteiger partial charge on any atom is -0.458 e. The highest BCUT2D eigenvalue weighted by atomic mass is 16.5. The summed E-state index contributed by atoms with van der Waals surface area (Å²) in [7, 11) is 0. The number of rotatable bonds is 4. The highest BCUT2D eigenvalue weighted by Gasteiger charge is 2.61. The van der Waals surface area contributed by atoms with E-state index in [1.165, 1.54) is 11.3 Å². The van der Waals surface area contributed by atoms with Gasteiger partial charge in [0.25, 0.3) is 0 Å². The Morgan fingerprint density at radius 3 is 2.13 bits per heavy atom. The molecule has 2 amide bonds. The van der Waals surface area contributed by atoms with Crippen molar-refractivity contribution in [3.63, 3.8) is 0 Å². The van der Waals surface area contributed by atoms with Gasteiger partial charge in [-0.3, -0.25) is 14.5 Å². The maximum absolute atomic E-state index is 13.0. The van der Waals surface area contributed by atoms with Crippen molar-refractivity contribution in [1.82, 2.24) is 0 Å². The van der Waals surface area contributed by atoms with Gasteiger partial charge in [0.2, 0.25) is 11.8 Å². The lowest BCUT2D eigenvalue weighted by Crippen LogP contribution is -2.36. The van der Waals surface area contributed by atoms with Crippen LogP contribution in [0.5, 0.6) is 0 Å². The molecule has 4 aliphatic rings. The van der Waals surface area contributed by atoms with Crippen molar-refractivity contribution in [2.24, 2.45) is 41.4 Å². The molecule has 5 heteroatoms. The standard InChI is InChI=1S/C26H33NO4/c1-14(2)20-11-4-15(3)12-21(20)31-26(30)16-7-9-19(10-8-16)27-24(28)22-17-5-6-18(13-17)23(22)25(27)29/h7-10,14-15,17-18,20-23H,4-6,11-13H2,1-3H3/t15-,17-,18-,20-,21+,22-,23+/m0/s1. The van der Waals surface area contributed by atoms with Gasteiger partial charge in [-0.05, 0) is 86.0 Å². The Balaban J connectivity index is 1.29. The van der Waals surface area contributed by atoms with Crippen LogP contribution in [0.2, 0.25) is 0 Å². The van der Waals surface area contributed by atoms with Gasteiger partial charge in [0.15, 0.2) is 0 Å². The second kappa shape index (κ2) is 7.75. The Hall–Kier alpha value is -2.17. The van der Waals surface area contributed by atoms with Crippen molar-refractivity contribution < 1.29 is 19.1 Å². The Morgan fingerprint density at radius 1 is 0.935 bits per heavy atom. The van der Waals surface area contributed by atoms with Crippen LogP contribution in [0.25, 0.3) is 0 Å². The molecule has 1 aromatic rings. The Kier molecular flexibility index (Phi) is 5.18. The molecule has 0 N–H and O–H groups in total. The van der Waals surface area contributed by atoms with E-state index in [4.69, 9.17) is 4.74 Å². The summed E-state index contributed by atoms with van der Waals surface area (Å²) >= 11 is 0. The maximum Gasteiger partial charge on any atom is 0.338 e. The normalized spacial score (nSPS) is 36.9. The largest absolute Gasteiger partial charge is 0.458 e. The summed E-state index contributed by atoms with van der Waals surface area (Å²) in [4.78, 5) is 40.2. The van der Waals surface area contributed by atoms with Crippen LogP contribution in [0, 0.1) is 41.4 Å². The lowest BCUT2D eigenvalue weighted by Gasteiger charge is -2.36. The second-order valence-corrected chi connectivity index (χ2v) is 10.7. The number of nitrogens with zero attached hydrogens (tertiary/aromatic N) is 1. The van der Waals surface area contributed by atoms with E-state index >= 15 is 0 Å². The zero-order valence-electron chi connectivity index (χ0n) is 18.8. The quantitative estimate of drug-likeness (QED) is 0.513. The number of hydrogen-bond donors (Lipinski definition) is 0. The van der Waals surface area contributed by atoms with E-state index in [-0.39, 0.29) is 35.7 Å². The summed E-state index contributed by atoms with van der Waals surface area (Å²) in [6, 6.07) is 6.83. The fourth-order valence-electron chi connectivity index (χ4n) is 6.87. The highest BCUT2D eigenvalue weighted by molar-refractivity contribution is 6.22. The molecule has 166 valence electrons. The van der Waals surface area contributed by atoms with Crippen molar-refractivity contribution in [1.29, 1.82) is 0 Å². The lowest BCUT2D eigenvalue weighted by molar-refractivity contribution is -0.123. The summed E-state index contributed by atoms with van der Waals surface area (Å²) < 4.78 is 5.94. The minimum atomic E-state index is -0.315. The Labute approximate surface area is 184 Å². The molecule has 0 unspecified atom stereocenters. The summed E-state index contributed by atoms with van der Waals surface area (Å²) in [6.45, 7) is 6.61. The SMILES string of the molecule is CC(C)[C@@H]1CC[C@H](C)C[C@H]1OC(=O)c1ccc(N2C(=O)[C@@H]3[C@H]4CC[C@@H](C4)[C@@H]3C2=O)cc1. The number of benzene rings is 1. The van der Waals surface area contributed by atoms with Crippen molar-refractivity contribution in [3.8, 4) is 0 Å². The van der Waals surface area contributed by atoms with Crippen LogP contribution in [0.4, 0.5) is 5.69 Å². The predicted octanol–water partition coefficient (Wildman–Crippen LogP) is 4.84. The monoisotopic (exact) mass is 423 g/mol. The molecule has 0 spiro atoms. The van der Waals surface area contributed by atoms with Crippen molar-refractivity contribution in [2.45, 2.75) is 65.4 Å². The molecular weight excluding hydrogens is 390 g/mol. The van der Waals surface area contributed by atoms with Crippen molar-refractivity contribution in [3.05, 3.63) is 29.8 Å². The average molecular weight is 424 g/mol. The van der Waals surface area contributed by atoms with Crippen LogP contribution >= 0.6 is 0 Å². The molecule has 1 aliphatic heterocycles. The molecule has 5 nitrogen and oxygen atoms in total. The highest BCUT2D eigenvalue weighted by Crippen LogP contribution is 2.56. The number of imide groups is 1. The third kappa shape index (κ3) is 3.41. The van der Waals surface area contributed by atoms with Crippen LogP contribution < -0.4 is 4.90 Å². The first-order chi connectivity index (χ1) is 14.8. The Bertz CT molecular complexity index is 863. The first-order valence-electron chi connectivity index (χ1n) is 12.0. The number of ether oxygens (including phenoxy) is 1. The number of carbonyl (C=O) groups is 3. The molecule has 3 aliphatic carbocycles. The molecule has 1 heterocycles. The summed E-state index contributed by atoms with van der Waals surface area (Å²) in [5, 5.41) is 0. The average Bonchev–Trinajstić information content (AvgIpc) is 3.42. The lowest BCUT2D eigenvalue weighted by atomic mass is 9.75. The van der Waals surface area contributed by atoms with Crippen LogP contribution in [-0.4, -0.2) is 23.9 Å². The number of fused-ring (bicyclic) bond motifs is 5. The van der Waals surface area contributed by atoms with E-state index in [0.29, 0.717) is 40.8 Å². The second-order valence-electron chi connectivity index (χ2n) is 10.7. The van der Waals surface area contributed by atoms with Gasteiger partial charge in [-0.1, -0.05) is 27.2 Å². The smallest absolute Gasteiger partial charge is 0.338 e. The van der Waals surface area contributed by atoms with E-state index in [2.05, 4.69) is 20.8 Å². The third-order valence-corrected chi connectivity index (χ3v) is 8.51. The van der Waals surface area contributed by atoms with Gasteiger partial charge >= 0.3 is 5.97 Å².